The molecule has 0 atom stereocenters. The van der Waals surface area contributed by atoms with E-state index in [1.807, 2.05) is 36.4 Å². The van der Waals surface area contributed by atoms with Crippen LogP contribution in [0, 0.1) is 0 Å². The van der Waals surface area contributed by atoms with Gasteiger partial charge in [-0.2, -0.15) is 9.78 Å². The molecule has 4 rings (SSSR count). The van der Waals surface area contributed by atoms with Gasteiger partial charge in [-0.1, -0.05) is 36.8 Å². The van der Waals surface area contributed by atoms with Gasteiger partial charge in [0.2, 0.25) is 5.91 Å². The number of amides is 2. The Labute approximate surface area is 174 Å². The minimum Gasteiger partial charge on any atom is -0.507 e. The third-order valence-electron chi connectivity index (χ3n) is 5.33. The van der Waals surface area contributed by atoms with Gasteiger partial charge < -0.3 is 15.7 Å². The summed E-state index contributed by atoms with van der Waals surface area (Å²) in [5.74, 6) is 0.112. The molecule has 3 N–H and O–H groups in total. The van der Waals surface area contributed by atoms with Gasteiger partial charge in [-0.05, 0) is 42.7 Å². The van der Waals surface area contributed by atoms with Crippen LogP contribution in [0.2, 0.25) is 0 Å². The molecule has 154 valence electrons. The molecule has 7 heteroatoms. The summed E-state index contributed by atoms with van der Waals surface area (Å²) in [4.78, 5) is 24.3. The number of phenols is 1. The molecule has 0 saturated heterocycles. The molecule has 1 fully saturated rings. The second-order valence-electron chi connectivity index (χ2n) is 7.55. The Hall–Kier alpha value is -3.61. The molecule has 1 aromatic heterocycles. The molecule has 2 aromatic carbocycles. The molecule has 1 saturated carbocycles. The Morgan fingerprint density at radius 2 is 1.90 bits per heavy atom. The number of rotatable bonds is 5. The van der Waals surface area contributed by atoms with Crippen LogP contribution < -0.4 is 10.6 Å². The fourth-order valence-electron chi connectivity index (χ4n) is 3.56. The van der Waals surface area contributed by atoms with E-state index in [9.17, 15) is 14.7 Å². The maximum atomic E-state index is 12.9. The molecule has 0 aliphatic heterocycles. The van der Waals surface area contributed by atoms with Gasteiger partial charge in [0.1, 0.15) is 5.75 Å². The molecule has 3 aromatic rings. The molecule has 1 heterocycles. The predicted molar refractivity (Wildman–Crippen MR) is 114 cm³/mol. The van der Waals surface area contributed by atoms with Gasteiger partial charge in [0.25, 0.3) is 0 Å². The van der Waals surface area contributed by atoms with Crippen molar-refractivity contribution in [1.29, 1.82) is 0 Å². The molecule has 0 radical (unpaired) electrons. The summed E-state index contributed by atoms with van der Waals surface area (Å²) in [7, 11) is 0. The van der Waals surface area contributed by atoms with E-state index in [-0.39, 0.29) is 23.6 Å². The fraction of sp³-hybridized carbons (Fsp3) is 0.261. The highest BCUT2D eigenvalue weighted by Gasteiger charge is 2.27. The van der Waals surface area contributed by atoms with Crippen LogP contribution in [0.1, 0.15) is 43.4 Å². The highest BCUT2D eigenvalue weighted by molar-refractivity contribution is 5.90. The summed E-state index contributed by atoms with van der Waals surface area (Å²) in [5.41, 5.74) is 3.37. The minimum absolute atomic E-state index is 0.0404. The quantitative estimate of drug-likeness (QED) is 0.554. The van der Waals surface area contributed by atoms with Crippen molar-refractivity contribution in [2.45, 2.75) is 38.6 Å². The van der Waals surface area contributed by atoms with Crippen LogP contribution in [0.4, 0.5) is 10.5 Å². The average Bonchev–Trinajstić information content (AvgIpc) is 3.11. The Kier molecular flexibility index (Phi) is 5.52. The lowest BCUT2D eigenvalue weighted by Gasteiger charge is -2.25. The standard InChI is InChI=1S/C23H24N4O3/c1-15(28)25-18-10-11-22(29)19(12-18)20-13-21(17-8-5-9-17)27(26-20)23(30)24-14-16-6-3-2-4-7-16/h2-4,6-7,10-13,17,29H,5,8-9,14H2,1H3,(H,24,30)(H,25,28). The van der Waals surface area contributed by atoms with E-state index in [2.05, 4.69) is 15.7 Å². The van der Waals surface area contributed by atoms with Gasteiger partial charge >= 0.3 is 6.03 Å². The molecular weight excluding hydrogens is 380 g/mol. The number of benzene rings is 2. The number of hydrogen-bond donors (Lipinski definition) is 3. The summed E-state index contributed by atoms with van der Waals surface area (Å²) in [6.45, 7) is 1.83. The highest BCUT2D eigenvalue weighted by atomic mass is 16.3. The van der Waals surface area contributed by atoms with Gasteiger partial charge in [0, 0.05) is 30.6 Å². The van der Waals surface area contributed by atoms with E-state index < -0.39 is 0 Å². The number of hydrogen-bond acceptors (Lipinski definition) is 4. The fourth-order valence-corrected chi connectivity index (χ4v) is 3.56. The van der Waals surface area contributed by atoms with Crippen LogP contribution in [0.25, 0.3) is 11.3 Å². The molecule has 0 spiro atoms. The first-order valence-electron chi connectivity index (χ1n) is 10.0. The Morgan fingerprint density at radius 1 is 1.13 bits per heavy atom. The zero-order chi connectivity index (χ0) is 21.1. The first kappa shape index (κ1) is 19.7. The molecule has 7 nitrogen and oxygen atoms in total. The molecule has 1 aliphatic carbocycles. The molecule has 30 heavy (non-hydrogen) atoms. The Bertz CT molecular complexity index is 1070. The van der Waals surface area contributed by atoms with E-state index in [1.165, 1.54) is 17.7 Å². The summed E-state index contributed by atoms with van der Waals surface area (Å²) in [5, 5.41) is 20.5. The number of phenolic OH excluding ortho intramolecular Hbond substituents is 1. The summed E-state index contributed by atoms with van der Waals surface area (Å²) >= 11 is 0. The Balaban J connectivity index is 1.63. The van der Waals surface area contributed by atoms with Gasteiger partial charge in [-0.3, -0.25) is 4.79 Å². The number of anilines is 1. The van der Waals surface area contributed by atoms with E-state index in [0.29, 0.717) is 23.5 Å². The van der Waals surface area contributed by atoms with Gasteiger partial charge in [0.15, 0.2) is 0 Å². The number of nitrogens with one attached hydrogen (secondary N) is 2. The SMILES string of the molecule is CC(=O)Nc1ccc(O)c(-c2cc(C3CCC3)n(C(=O)NCc3ccccc3)n2)c1. The van der Waals surface area contributed by atoms with Gasteiger partial charge in [0.05, 0.1) is 11.4 Å². The van der Waals surface area contributed by atoms with Crippen molar-refractivity contribution in [3.63, 3.8) is 0 Å². The van der Waals surface area contributed by atoms with E-state index in [4.69, 9.17) is 0 Å². The van der Waals surface area contributed by atoms with E-state index >= 15 is 0 Å². The van der Waals surface area contributed by atoms with Crippen LogP contribution in [0.3, 0.4) is 0 Å². The van der Waals surface area contributed by atoms with Gasteiger partial charge in [-0.25, -0.2) is 4.79 Å². The summed E-state index contributed by atoms with van der Waals surface area (Å²) in [6.07, 6.45) is 3.14. The number of carbonyl (C=O) groups excluding carboxylic acids is 2. The molecular formula is C23H24N4O3. The third kappa shape index (κ3) is 4.20. The van der Waals surface area contributed by atoms with Crippen molar-refractivity contribution < 1.29 is 14.7 Å². The van der Waals surface area contributed by atoms with Crippen molar-refractivity contribution in [3.8, 4) is 17.0 Å². The average molecular weight is 404 g/mol. The third-order valence-corrected chi connectivity index (χ3v) is 5.33. The monoisotopic (exact) mass is 404 g/mol. The molecule has 2 amide bonds. The smallest absolute Gasteiger partial charge is 0.342 e. The van der Waals surface area contributed by atoms with Gasteiger partial charge in [-0.15, -0.1) is 0 Å². The normalized spacial score (nSPS) is 13.5. The number of aromatic nitrogens is 2. The molecule has 0 bridgehead atoms. The lowest BCUT2D eigenvalue weighted by molar-refractivity contribution is -0.114. The van der Waals surface area contributed by atoms with E-state index in [0.717, 1.165) is 30.5 Å². The highest BCUT2D eigenvalue weighted by Crippen LogP contribution is 2.39. The maximum absolute atomic E-state index is 12.9. The maximum Gasteiger partial charge on any atom is 0.342 e. The first-order valence-corrected chi connectivity index (χ1v) is 10.0. The number of nitrogens with zero attached hydrogens (tertiary/aromatic N) is 2. The summed E-state index contributed by atoms with van der Waals surface area (Å²) < 4.78 is 1.41. The van der Waals surface area contributed by atoms with Crippen molar-refractivity contribution >= 4 is 17.6 Å². The minimum atomic E-state index is -0.301. The zero-order valence-electron chi connectivity index (χ0n) is 16.8. The van der Waals surface area contributed by atoms with Crippen LogP contribution in [-0.2, 0) is 11.3 Å². The Morgan fingerprint density at radius 3 is 2.57 bits per heavy atom. The van der Waals surface area contributed by atoms with Crippen LogP contribution in [0.5, 0.6) is 5.75 Å². The number of aromatic hydroxyl groups is 1. The molecule has 0 unspecified atom stereocenters. The van der Waals surface area contributed by atoms with Crippen LogP contribution >= 0.6 is 0 Å². The van der Waals surface area contributed by atoms with Crippen molar-refractivity contribution in [2.75, 3.05) is 5.32 Å². The van der Waals surface area contributed by atoms with Crippen molar-refractivity contribution in [3.05, 3.63) is 65.9 Å². The van der Waals surface area contributed by atoms with Crippen molar-refractivity contribution in [2.24, 2.45) is 0 Å². The second-order valence-corrected chi connectivity index (χ2v) is 7.55. The topological polar surface area (TPSA) is 96.2 Å². The lowest BCUT2D eigenvalue weighted by atomic mass is 9.82. The van der Waals surface area contributed by atoms with Crippen molar-refractivity contribution in [1.82, 2.24) is 15.1 Å². The second kappa shape index (κ2) is 8.41. The van der Waals surface area contributed by atoms with Crippen LogP contribution in [-0.4, -0.2) is 26.8 Å². The zero-order valence-corrected chi connectivity index (χ0v) is 16.8. The van der Waals surface area contributed by atoms with Crippen LogP contribution in [0.15, 0.2) is 54.6 Å². The largest absolute Gasteiger partial charge is 0.507 e. The summed E-state index contributed by atoms with van der Waals surface area (Å²) in [6, 6.07) is 16.0. The first-order chi connectivity index (χ1) is 14.5. The molecule has 1 aliphatic rings. The number of carbonyl (C=O) groups is 2. The predicted octanol–water partition coefficient (Wildman–Crippen LogP) is 4.24. The lowest BCUT2D eigenvalue weighted by Crippen LogP contribution is -2.31. The van der Waals surface area contributed by atoms with E-state index in [1.54, 1.807) is 12.1 Å².